The summed E-state index contributed by atoms with van der Waals surface area (Å²) in [6, 6.07) is 0. The summed E-state index contributed by atoms with van der Waals surface area (Å²) in [5.41, 5.74) is 0. The number of piperidine rings is 1. The van der Waals surface area contributed by atoms with Gasteiger partial charge >= 0.3 is 0 Å². The van der Waals surface area contributed by atoms with E-state index in [0.717, 1.165) is 28.2 Å². The van der Waals surface area contributed by atoms with Gasteiger partial charge in [-0.05, 0) is 24.7 Å². The molecule has 1 saturated heterocycles. The molecule has 1 aromatic heterocycles. The molecule has 25 heavy (non-hydrogen) atoms. The largest absolute Gasteiger partial charge is 0.355 e. The molecule has 2 atom stereocenters. The van der Waals surface area contributed by atoms with E-state index in [4.69, 9.17) is 0 Å². The highest BCUT2D eigenvalue weighted by Gasteiger charge is 2.25. The third-order valence-corrected chi connectivity index (χ3v) is 7.00. The van der Waals surface area contributed by atoms with Gasteiger partial charge in [0.15, 0.2) is 8.68 Å². The normalized spacial score (nSPS) is 20.5. The molecule has 1 aromatic rings. The van der Waals surface area contributed by atoms with Crippen molar-refractivity contribution in [3.8, 4) is 0 Å². The van der Waals surface area contributed by atoms with Crippen molar-refractivity contribution >= 4 is 46.7 Å². The fraction of sp³-hybridized carbons (Fsp3) is 0.750. The number of carbonyl (C=O) groups excluding carboxylic acids is 2. The zero-order valence-electron chi connectivity index (χ0n) is 15.0. The molecule has 0 spiro atoms. The standard InChI is InChI=1S/C16H26N4O2S3/c1-4-5-17-13(21)9-23-15-18-19-16(25-15)24-10-14(22)20-7-11(2)6-12(3)8-20/h11-12H,4-10H2,1-3H3,(H,17,21)/t11-,12-/m0/s1. The van der Waals surface area contributed by atoms with Crippen LogP contribution in [0.1, 0.15) is 33.6 Å². The van der Waals surface area contributed by atoms with Gasteiger partial charge < -0.3 is 10.2 Å². The van der Waals surface area contributed by atoms with Crippen molar-refractivity contribution in [3.05, 3.63) is 0 Å². The third-order valence-electron chi connectivity index (χ3n) is 3.83. The number of nitrogens with one attached hydrogen (secondary N) is 1. The summed E-state index contributed by atoms with van der Waals surface area (Å²) in [5, 5.41) is 11.0. The number of carbonyl (C=O) groups is 2. The van der Waals surface area contributed by atoms with Crippen LogP contribution in [0.25, 0.3) is 0 Å². The molecule has 0 unspecified atom stereocenters. The van der Waals surface area contributed by atoms with Gasteiger partial charge in [-0.3, -0.25) is 9.59 Å². The fourth-order valence-electron chi connectivity index (χ4n) is 2.84. The number of hydrogen-bond acceptors (Lipinski definition) is 7. The Balaban J connectivity index is 1.73. The van der Waals surface area contributed by atoms with Crippen molar-refractivity contribution in [1.82, 2.24) is 20.4 Å². The van der Waals surface area contributed by atoms with Crippen LogP contribution < -0.4 is 5.32 Å². The lowest BCUT2D eigenvalue weighted by Crippen LogP contribution is -2.43. The van der Waals surface area contributed by atoms with E-state index >= 15 is 0 Å². The SMILES string of the molecule is CCCNC(=O)CSc1nnc(SCC(=O)N2C[C@@H](C)C[C@H](C)C2)s1. The molecule has 140 valence electrons. The van der Waals surface area contributed by atoms with E-state index < -0.39 is 0 Å². The van der Waals surface area contributed by atoms with Gasteiger partial charge in [0.05, 0.1) is 11.5 Å². The van der Waals surface area contributed by atoms with Crippen molar-refractivity contribution in [2.24, 2.45) is 11.8 Å². The smallest absolute Gasteiger partial charge is 0.233 e. The molecule has 2 amide bonds. The summed E-state index contributed by atoms with van der Waals surface area (Å²) in [5.74, 6) is 2.08. The molecule has 1 aliphatic rings. The molecular formula is C16H26N4O2S3. The van der Waals surface area contributed by atoms with Crippen molar-refractivity contribution in [3.63, 3.8) is 0 Å². The van der Waals surface area contributed by atoms with E-state index in [1.165, 1.54) is 41.3 Å². The number of rotatable bonds is 8. The predicted molar refractivity (Wildman–Crippen MR) is 104 cm³/mol. The van der Waals surface area contributed by atoms with Crippen LogP contribution in [0, 0.1) is 11.8 Å². The van der Waals surface area contributed by atoms with Crippen LogP contribution in [0.3, 0.4) is 0 Å². The van der Waals surface area contributed by atoms with Gasteiger partial charge in [-0.2, -0.15) is 0 Å². The molecule has 0 saturated carbocycles. The van der Waals surface area contributed by atoms with Crippen LogP contribution in [0.15, 0.2) is 8.68 Å². The van der Waals surface area contributed by atoms with E-state index in [0.29, 0.717) is 29.9 Å². The number of likely N-dealkylation sites (tertiary alicyclic amines) is 1. The molecule has 9 heteroatoms. The summed E-state index contributed by atoms with van der Waals surface area (Å²) < 4.78 is 1.55. The van der Waals surface area contributed by atoms with E-state index in [1.54, 1.807) is 0 Å². The van der Waals surface area contributed by atoms with Crippen molar-refractivity contribution in [1.29, 1.82) is 0 Å². The van der Waals surface area contributed by atoms with E-state index in [2.05, 4.69) is 29.4 Å². The lowest BCUT2D eigenvalue weighted by Gasteiger charge is -2.34. The molecule has 0 aromatic carbocycles. The first-order valence-corrected chi connectivity index (χ1v) is 11.4. The Hall–Kier alpha value is -0.800. The average molecular weight is 403 g/mol. The first kappa shape index (κ1) is 20.5. The van der Waals surface area contributed by atoms with E-state index in [9.17, 15) is 9.59 Å². The lowest BCUT2D eigenvalue weighted by atomic mass is 9.92. The third kappa shape index (κ3) is 7.15. The molecule has 6 nitrogen and oxygen atoms in total. The Morgan fingerprint density at radius 2 is 1.76 bits per heavy atom. The number of nitrogens with zero attached hydrogens (tertiary/aromatic N) is 3. The highest BCUT2D eigenvalue weighted by molar-refractivity contribution is 8.03. The molecule has 0 bridgehead atoms. The van der Waals surface area contributed by atoms with Crippen molar-refractivity contribution in [2.45, 2.75) is 42.3 Å². The molecule has 1 N–H and O–H groups in total. The molecule has 0 aliphatic carbocycles. The number of amides is 2. The van der Waals surface area contributed by atoms with Gasteiger partial charge in [0.25, 0.3) is 0 Å². The summed E-state index contributed by atoms with van der Waals surface area (Å²) in [6.45, 7) is 8.84. The maximum absolute atomic E-state index is 12.4. The summed E-state index contributed by atoms with van der Waals surface area (Å²) >= 11 is 4.26. The maximum Gasteiger partial charge on any atom is 0.233 e. The Morgan fingerprint density at radius 3 is 2.36 bits per heavy atom. The summed E-state index contributed by atoms with van der Waals surface area (Å²) in [4.78, 5) is 26.0. The van der Waals surface area contributed by atoms with Gasteiger partial charge in [-0.25, -0.2) is 0 Å². The summed E-state index contributed by atoms with van der Waals surface area (Å²) in [6.07, 6.45) is 2.12. The monoisotopic (exact) mass is 402 g/mol. The van der Waals surface area contributed by atoms with Crippen LogP contribution in [0.4, 0.5) is 0 Å². The Kier molecular flexibility index (Phi) is 8.51. The Bertz CT molecular complexity index is 571. The Morgan fingerprint density at radius 1 is 1.16 bits per heavy atom. The second-order valence-electron chi connectivity index (χ2n) is 6.51. The van der Waals surface area contributed by atoms with Gasteiger partial charge in [0.2, 0.25) is 11.8 Å². The van der Waals surface area contributed by atoms with Crippen LogP contribution in [0.5, 0.6) is 0 Å². The predicted octanol–water partition coefficient (Wildman–Crippen LogP) is 2.75. The maximum atomic E-state index is 12.4. The molecule has 1 aliphatic heterocycles. The minimum absolute atomic E-state index is 0.0137. The second kappa shape index (κ2) is 10.4. The molecule has 1 fully saturated rings. The van der Waals surface area contributed by atoms with E-state index in [1.807, 2.05) is 11.8 Å². The lowest BCUT2D eigenvalue weighted by molar-refractivity contribution is -0.131. The number of hydrogen-bond donors (Lipinski definition) is 1. The molecule has 2 heterocycles. The van der Waals surface area contributed by atoms with Gasteiger partial charge in [-0.15, -0.1) is 10.2 Å². The van der Waals surface area contributed by atoms with Crippen molar-refractivity contribution in [2.75, 3.05) is 31.1 Å². The van der Waals surface area contributed by atoms with Crippen LogP contribution >= 0.6 is 34.9 Å². The molecule has 2 rings (SSSR count). The van der Waals surface area contributed by atoms with Gasteiger partial charge in [-0.1, -0.05) is 55.6 Å². The minimum Gasteiger partial charge on any atom is -0.355 e. The van der Waals surface area contributed by atoms with Crippen LogP contribution in [0.2, 0.25) is 0 Å². The fourth-order valence-corrected chi connectivity index (χ4v) is 5.59. The van der Waals surface area contributed by atoms with Gasteiger partial charge in [0, 0.05) is 19.6 Å². The Labute approximate surface area is 161 Å². The highest BCUT2D eigenvalue weighted by Crippen LogP contribution is 2.29. The quantitative estimate of drug-likeness (QED) is 0.674. The molecule has 0 radical (unpaired) electrons. The summed E-state index contributed by atoms with van der Waals surface area (Å²) in [7, 11) is 0. The van der Waals surface area contributed by atoms with Crippen LogP contribution in [-0.2, 0) is 9.59 Å². The first-order valence-electron chi connectivity index (χ1n) is 8.61. The average Bonchev–Trinajstić information content (AvgIpc) is 3.03. The zero-order chi connectivity index (χ0) is 18.2. The molecular weight excluding hydrogens is 376 g/mol. The number of thioether (sulfide) groups is 2. The second-order valence-corrected chi connectivity index (χ2v) is 9.93. The first-order chi connectivity index (χ1) is 12.0. The zero-order valence-corrected chi connectivity index (χ0v) is 17.4. The topological polar surface area (TPSA) is 75.2 Å². The highest BCUT2D eigenvalue weighted by atomic mass is 32.2. The van der Waals surface area contributed by atoms with Gasteiger partial charge in [0.1, 0.15) is 0 Å². The number of aromatic nitrogens is 2. The van der Waals surface area contributed by atoms with Crippen molar-refractivity contribution < 1.29 is 9.59 Å². The minimum atomic E-state index is 0.0137. The van der Waals surface area contributed by atoms with E-state index in [-0.39, 0.29) is 11.8 Å². The van der Waals surface area contributed by atoms with Crippen LogP contribution in [-0.4, -0.2) is 58.1 Å².